The number of rotatable bonds is 2. The molecule has 1 aromatic heterocycles. The van der Waals surface area contributed by atoms with E-state index in [-0.39, 0.29) is 0 Å². The Kier molecular flexibility index (Phi) is 2.92. The van der Waals surface area contributed by atoms with Crippen molar-refractivity contribution in [1.29, 1.82) is 0 Å². The molecule has 0 saturated heterocycles. The van der Waals surface area contributed by atoms with Crippen molar-refractivity contribution in [3.63, 3.8) is 0 Å². The Labute approximate surface area is 75.7 Å². The van der Waals surface area contributed by atoms with Crippen molar-refractivity contribution in [2.24, 2.45) is 0 Å². The topological polar surface area (TPSA) is 12.9 Å². The van der Waals surface area contributed by atoms with Crippen LogP contribution in [0.4, 0.5) is 0 Å². The molecule has 58 valence electrons. The van der Waals surface area contributed by atoms with Crippen LogP contribution in [0.15, 0.2) is 18.8 Å². The molecule has 11 heavy (non-hydrogen) atoms. The van der Waals surface area contributed by atoms with E-state index in [4.69, 9.17) is 23.2 Å². The van der Waals surface area contributed by atoms with Gasteiger partial charge in [0.15, 0.2) is 0 Å². The van der Waals surface area contributed by atoms with Crippen molar-refractivity contribution >= 4 is 29.3 Å². The van der Waals surface area contributed by atoms with E-state index in [0.717, 1.165) is 11.1 Å². The second-order valence-electron chi connectivity index (χ2n) is 2.06. The minimum Gasteiger partial charge on any atom is -0.244 e. The Bertz CT molecular complexity index is 271. The molecule has 1 heterocycles. The zero-order valence-electron chi connectivity index (χ0n) is 5.85. The van der Waals surface area contributed by atoms with Crippen LogP contribution < -0.4 is 0 Å². The Morgan fingerprint density at radius 1 is 1.64 bits per heavy atom. The molecule has 0 unspecified atom stereocenters. The van der Waals surface area contributed by atoms with Gasteiger partial charge in [-0.3, -0.25) is 0 Å². The number of hydrogen-bond donors (Lipinski definition) is 0. The zero-order valence-corrected chi connectivity index (χ0v) is 7.36. The summed E-state index contributed by atoms with van der Waals surface area (Å²) in [6.45, 7) is 3.60. The third kappa shape index (κ3) is 1.95. The lowest BCUT2D eigenvalue weighted by molar-refractivity contribution is 1.24. The lowest BCUT2D eigenvalue weighted by Gasteiger charge is -1.98. The van der Waals surface area contributed by atoms with E-state index < -0.39 is 0 Å². The first-order valence-electron chi connectivity index (χ1n) is 3.10. The molecular formula is C8H7Cl2N. The predicted octanol–water partition coefficient (Wildman–Crippen LogP) is 3.12. The molecule has 0 atom stereocenters. The number of alkyl halides is 1. The van der Waals surface area contributed by atoms with Crippen LogP contribution in [0.1, 0.15) is 11.1 Å². The van der Waals surface area contributed by atoms with Crippen LogP contribution in [0.2, 0.25) is 5.15 Å². The quantitative estimate of drug-likeness (QED) is 0.513. The molecule has 0 aliphatic rings. The highest BCUT2D eigenvalue weighted by molar-refractivity contribution is 6.30. The fraction of sp³-hybridized carbons (Fsp3) is 0.125. The molecule has 0 radical (unpaired) electrons. The first-order chi connectivity index (χ1) is 5.27. The monoisotopic (exact) mass is 187 g/mol. The summed E-state index contributed by atoms with van der Waals surface area (Å²) in [6.07, 6.45) is 3.31. The number of hydrogen-bond acceptors (Lipinski definition) is 1. The molecule has 0 amide bonds. The standard InChI is InChI=1S/C8H7Cl2N/c1-2-7-3-6(4-9)5-11-8(7)10/h2-3,5H,1,4H2. The summed E-state index contributed by atoms with van der Waals surface area (Å²) in [5, 5.41) is 0.467. The van der Waals surface area contributed by atoms with Gasteiger partial charge in [-0.15, -0.1) is 11.6 Å². The molecule has 0 saturated carbocycles. The summed E-state index contributed by atoms with van der Waals surface area (Å²) in [6, 6.07) is 1.87. The lowest BCUT2D eigenvalue weighted by atomic mass is 10.2. The minimum absolute atomic E-state index is 0.449. The summed E-state index contributed by atoms with van der Waals surface area (Å²) >= 11 is 11.3. The van der Waals surface area contributed by atoms with Gasteiger partial charge >= 0.3 is 0 Å². The molecule has 0 fully saturated rings. The van der Waals surface area contributed by atoms with Gasteiger partial charge in [0.25, 0.3) is 0 Å². The highest BCUT2D eigenvalue weighted by atomic mass is 35.5. The Morgan fingerprint density at radius 2 is 2.36 bits per heavy atom. The van der Waals surface area contributed by atoms with Gasteiger partial charge in [0.1, 0.15) is 5.15 Å². The van der Waals surface area contributed by atoms with Gasteiger partial charge in [0, 0.05) is 17.6 Å². The second-order valence-corrected chi connectivity index (χ2v) is 2.69. The van der Waals surface area contributed by atoms with Gasteiger partial charge in [-0.25, -0.2) is 4.98 Å². The van der Waals surface area contributed by atoms with Crippen molar-refractivity contribution in [1.82, 2.24) is 4.98 Å². The molecule has 0 bridgehead atoms. The average molecular weight is 188 g/mol. The van der Waals surface area contributed by atoms with Crippen LogP contribution in [0, 0.1) is 0 Å². The van der Waals surface area contributed by atoms with Crippen molar-refractivity contribution in [2.45, 2.75) is 5.88 Å². The third-order valence-electron chi connectivity index (χ3n) is 1.30. The van der Waals surface area contributed by atoms with E-state index in [1.165, 1.54) is 0 Å². The molecule has 0 spiro atoms. The normalized spacial score (nSPS) is 9.64. The first-order valence-corrected chi connectivity index (χ1v) is 4.02. The van der Waals surface area contributed by atoms with E-state index in [0.29, 0.717) is 11.0 Å². The fourth-order valence-corrected chi connectivity index (χ4v) is 1.05. The molecule has 0 aliphatic heterocycles. The van der Waals surface area contributed by atoms with Crippen LogP contribution in [0.25, 0.3) is 6.08 Å². The lowest BCUT2D eigenvalue weighted by Crippen LogP contribution is -1.85. The summed E-state index contributed by atoms with van der Waals surface area (Å²) in [5.74, 6) is 0.449. The van der Waals surface area contributed by atoms with Crippen LogP contribution in [-0.4, -0.2) is 4.98 Å². The molecule has 3 heteroatoms. The highest BCUT2D eigenvalue weighted by Gasteiger charge is 1.98. The third-order valence-corrected chi connectivity index (χ3v) is 1.92. The van der Waals surface area contributed by atoms with Crippen LogP contribution in [0.3, 0.4) is 0 Å². The van der Waals surface area contributed by atoms with Gasteiger partial charge in [-0.1, -0.05) is 24.3 Å². The predicted molar refractivity (Wildman–Crippen MR) is 48.9 cm³/mol. The van der Waals surface area contributed by atoms with Gasteiger partial charge < -0.3 is 0 Å². The first kappa shape index (κ1) is 8.57. The maximum Gasteiger partial charge on any atom is 0.136 e. The summed E-state index contributed by atoms with van der Waals surface area (Å²) in [5.41, 5.74) is 1.77. The van der Waals surface area contributed by atoms with Crippen LogP contribution in [-0.2, 0) is 5.88 Å². The molecule has 1 rings (SSSR count). The SMILES string of the molecule is C=Cc1cc(CCl)cnc1Cl. The average Bonchev–Trinajstić information content (AvgIpc) is 2.05. The number of nitrogens with zero attached hydrogens (tertiary/aromatic N) is 1. The van der Waals surface area contributed by atoms with Gasteiger partial charge in [-0.05, 0) is 11.6 Å². The van der Waals surface area contributed by atoms with E-state index >= 15 is 0 Å². The summed E-state index contributed by atoms with van der Waals surface area (Å²) in [4.78, 5) is 3.93. The molecule has 0 aromatic carbocycles. The molecular weight excluding hydrogens is 181 g/mol. The molecule has 0 aliphatic carbocycles. The van der Waals surface area contributed by atoms with Gasteiger partial charge in [0.05, 0.1) is 0 Å². The summed E-state index contributed by atoms with van der Waals surface area (Å²) < 4.78 is 0. The fourth-order valence-electron chi connectivity index (χ4n) is 0.727. The highest BCUT2D eigenvalue weighted by Crippen LogP contribution is 2.16. The second kappa shape index (κ2) is 3.74. The number of halogens is 2. The zero-order chi connectivity index (χ0) is 8.27. The number of pyridine rings is 1. The molecule has 1 nitrogen and oxygen atoms in total. The van der Waals surface area contributed by atoms with Crippen LogP contribution >= 0.6 is 23.2 Å². The maximum absolute atomic E-state index is 5.73. The molecule has 0 N–H and O–H groups in total. The Balaban J connectivity index is 3.12. The van der Waals surface area contributed by atoms with Gasteiger partial charge in [-0.2, -0.15) is 0 Å². The van der Waals surface area contributed by atoms with E-state index in [9.17, 15) is 0 Å². The Hall–Kier alpha value is -0.530. The van der Waals surface area contributed by atoms with E-state index in [1.54, 1.807) is 12.3 Å². The van der Waals surface area contributed by atoms with Crippen molar-refractivity contribution in [2.75, 3.05) is 0 Å². The largest absolute Gasteiger partial charge is 0.244 e. The van der Waals surface area contributed by atoms with Crippen molar-refractivity contribution in [3.8, 4) is 0 Å². The van der Waals surface area contributed by atoms with Crippen molar-refractivity contribution in [3.05, 3.63) is 35.1 Å². The van der Waals surface area contributed by atoms with Crippen molar-refractivity contribution < 1.29 is 0 Å². The summed E-state index contributed by atoms with van der Waals surface area (Å²) in [7, 11) is 0. The Morgan fingerprint density at radius 3 is 2.91 bits per heavy atom. The van der Waals surface area contributed by atoms with E-state index in [2.05, 4.69) is 11.6 Å². The smallest absolute Gasteiger partial charge is 0.136 e. The van der Waals surface area contributed by atoms with Crippen LogP contribution in [0.5, 0.6) is 0 Å². The van der Waals surface area contributed by atoms with E-state index in [1.807, 2.05) is 6.07 Å². The number of aromatic nitrogens is 1. The minimum atomic E-state index is 0.449. The van der Waals surface area contributed by atoms with Gasteiger partial charge in [0.2, 0.25) is 0 Å². The maximum atomic E-state index is 5.73. The molecule has 1 aromatic rings.